The van der Waals surface area contributed by atoms with Crippen LogP contribution in [0.4, 0.5) is 0 Å². The highest BCUT2D eigenvalue weighted by atomic mass is 16.5. The van der Waals surface area contributed by atoms with E-state index in [0.717, 1.165) is 11.1 Å². The number of nitrogens with one attached hydrogen (secondary N) is 2. The molecule has 28 heavy (non-hydrogen) atoms. The van der Waals surface area contributed by atoms with Crippen LogP contribution < -0.4 is 20.3 Å². The summed E-state index contributed by atoms with van der Waals surface area (Å²) in [5.74, 6) is 0.430. The quantitative estimate of drug-likeness (QED) is 0.511. The minimum absolute atomic E-state index is 0.196. The van der Waals surface area contributed by atoms with Gasteiger partial charge in [0, 0.05) is 12.2 Å². The molecule has 2 amide bonds. The normalized spacial score (nSPS) is 10.2. The van der Waals surface area contributed by atoms with Gasteiger partial charge in [-0.15, -0.1) is 0 Å². The van der Waals surface area contributed by atoms with Crippen LogP contribution in [0.1, 0.15) is 28.4 Å². The van der Waals surface area contributed by atoms with Gasteiger partial charge in [0.25, 0.3) is 11.8 Å². The van der Waals surface area contributed by atoms with Gasteiger partial charge in [-0.2, -0.15) is 0 Å². The van der Waals surface area contributed by atoms with Crippen LogP contribution in [0.3, 0.4) is 0 Å². The predicted molar refractivity (Wildman–Crippen MR) is 105 cm³/mol. The summed E-state index contributed by atoms with van der Waals surface area (Å²) in [4.78, 5) is 24.0. The summed E-state index contributed by atoms with van der Waals surface area (Å²) in [6, 6.07) is 12.3. The van der Waals surface area contributed by atoms with Crippen molar-refractivity contribution in [2.75, 3.05) is 26.4 Å². The lowest BCUT2D eigenvalue weighted by molar-refractivity contribution is -0.123. The van der Waals surface area contributed by atoms with Crippen molar-refractivity contribution in [3.63, 3.8) is 0 Å². The zero-order valence-corrected chi connectivity index (χ0v) is 16.4. The summed E-state index contributed by atoms with van der Waals surface area (Å²) in [6.07, 6.45) is 0. The van der Waals surface area contributed by atoms with E-state index in [-0.39, 0.29) is 6.61 Å². The van der Waals surface area contributed by atoms with Crippen molar-refractivity contribution in [2.45, 2.75) is 20.8 Å². The average Bonchev–Trinajstić information content (AvgIpc) is 2.69. The lowest BCUT2D eigenvalue weighted by Crippen LogP contribution is -2.43. The van der Waals surface area contributed by atoms with Crippen LogP contribution in [0.2, 0.25) is 0 Å². The fourth-order valence-electron chi connectivity index (χ4n) is 2.46. The molecule has 0 fully saturated rings. The lowest BCUT2D eigenvalue weighted by atomic mass is 10.1. The smallest absolute Gasteiger partial charge is 0.276 e. The van der Waals surface area contributed by atoms with E-state index in [1.807, 2.05) is 39.0 Å². The number of amides is 2. The van der Waals surface area contributed by atoms with Crippen molar-refractivity contribution < 1.29 is 23.8 Å². The van der Waals surface area contributed by atoms with Crippen LogP contribution >= 0.6 is 0 Å². The van der Waals surface area contributed by atoms with Gasteiger partial charge in [-0.05, 0) is 56.2 Å². The van der Waals surface area contributed by atoms with Gasteiger partial charge in [0.05, 0.1) is 6.61 Å². The number of carbonyl (C=O) groups is 2. The maximum absolute atomic E-state index is 12.1. The van der Waals surface area contributed by atoms with E-state index in [9.17, 15) is 9.59 Å². The molecular formula is C21H26N2O5. The van der Waals surface area contributed by atoms with Crippen LogP contribution in [-0.4, -0.2) is 38.2 Å². The Bertz CT molecular complexity index is 770. The Morgan fingerprint density at radius 2 is 1.57 bits per heavy atom. The second-order valence-corrected chi connectivity index (χ2v) is 6.08. The molecule has 2 aromatic carbocycles. The molecule has 2 rings (SSSR count). The van der Waals surface area contributed by atoms with Crippen LogP contribution in [0, 0.1) is 13.8 Å². The number of hydrogen-bond acceptors (Lipinski definition) is 5. The summed E-state index contributed by atoms with van der Waals surface area (Å²) in [5, 5.41) is 0. The molecule has 0 saturated heterocycles. The first-order valence-corrected chi connectivity index (χ1v) is 9.10. The number of aryl methyl sites for hydroxylation is 2. The molecule has 0 spiro atoms. The topological polar surface area (TPSA) is 85.9 Å². The van der Waals surface area contributed by atoms with Crippen molar-refractivity contribution >= 4 is 11.8 Å². The molecule has 0 heterocycles. The van der Waals surface area contributed by atoms with Crippen LogP contribution in [-0.2, 0) is 9.53 Å². The van der Waals surface area contributed by atoms with E-state index in [1.165, 1.54) is 0 Å². The lowest BCUT2D eigenvalue weighted by Gasteiger charge is -2.12. The third-order valence-electron chi connectivity index (χ3n) is 3.89. The van der Waals surface area contributed by atoms with E-state index in [4.69, 9.17) is 14.2 Å². The summed E-state index contributed by atoms with van der Waals surface area (Å²) in [6.45, 7) is 7.13. The third-order valence-corrected chi connectivity index (χ3v) is 3.89. The van der Waals surface area contributed by atoms with E-state index < -0.39 is 11.8 Å². The molecule has 0 atom stereocenters. The molecule has 0 aliphatic rings. The first-order chi connectivity index (χ1) is 13.5. The Morgan fingerprint density at radius 1 is 0.893 bits per heavy atom. The summed E-state index contributed by atoms with van der Waals surface area (Å²) in [7, 11) is 0. The molecule has 0 aliphatic heterocycles. The zero-order valence-electron chi connectivity index (χ0n) is 16.4. The van der Waals surface area contributed by atoms with Gasteiger partial charge in [-0.1, -0.05) is 18.2 Å². The Labute approximate surface area is 165 Å². The van der Waals surface area contributed by atoms with Crippen molar-refractivity contribution in [3.8, 4) is 11.5 Å². The predicted octanol–water partition coefficient (Wildman–Crippen LogP) is 2.56. The largest absolute Gasteiger partial charge is 0.491 e. The highest BCUT2D eigenvalue weighted by molar-refractivity contribution is 5.95. The molecule has 7 heteroatoms. The van der Waals surface area contributed by atoms with Gasteiger partial charge >= 0.3 is 0 Å². The monoisotopic (exact) mass is 386 g/mol. The average molecular weight is 386 g/mol. The minimum Gasteiger partial charge on any atom is -0.491 e. The first-order valence-electron chi connectivity index (χ1n) is 9.10. The maximum atomic E-state index is 12.1. The zero-order chi connectivity index (χ0) is 20.4. The molecule has 2 aromatic rings. The van der Waals surface area contributed by atoms with Gasteiger partial charge in [0.1, 0.15) is 18.1 Å². The molecule has 150 valence electrons. The van der Waals surface area contributed by atoms with E-state index >= 15 is 0 Å². The number of hydrogen-bond donors (Lipinski definition) is 2. The molecule has 7 nitrogen and oxygen atoms in total. The number of benzene rings is 2. The first kappa shape index (κ1) is 21.2. The molecule has 0 saturated carbocycles. The van der Waals surface area contributed by atoms with Gasteiger partial charge in [0.2, 0.25) is 0 Å². The minimum atomic E-state index is -0.452. The van der Waals surface area contributed by atoms with Gasteiger partial charge in [-0.25, -0.2) is 0 Å². The van der Waals surface area contributed by atoms with Gasteiger partial charge < -0.3 is 14.2 Å². The van der Waals surface area contributed by atoms with Crippen molar-refractivity contribution in [3.05, 3.63) is 59.2 Å². The molecule has 0 radical (unpaired) electrons. The second kappa shape index (κ2) is 10.9. The summed E-state index contributed by atoms with van der Waals surface area (Å²) in [5.41, 5.74) is 6.99. The Hall–Kier alpha value is -3.06. The van der Waals surface area contributed by atoms with Gasteiger partial charge in [0.15, 0.2) is 6.61 Å². The third kappa shape index (κ3) is 6.59. The fraction of sp³-hybridized carbons (Fsp3) is 0.333. The van der Waals surface area contributed by atoms with Crippen molar-refractivity contribution in [1.29, 1.82) is 0 Å². The number of rotatable bonds is 9. The van der Waals surface area contributed by atoms with Crippen LogP contribution in [0.5, 0.6) is 11.5 Å². The molecular weight excluding hydrogens is 360 g/mol. The molecule has 0 unspecified atom stereocenters. The Morgan fingerprint density at radius 3 is 2.21 bits per heavy atom. The highest BCUT2D eigenvalue weighted by Gasteiger charge is 2.10. The van der Waals surface area contributed by atoms with Crippen LogP contribution in [0.25, 0.3) is 0 Å². The van der Waals surface area contributed by atoms with Gasteiger partial charge in [-0.3, -0.25) is 20.4 Å². The van der Waals surface area contributed by atoms with E-state index in [0.29, 0.717) is 36.9 Å². The van der Waals surface area contributed by atoms with Crippen molar-refractivity contribution in [1.82, 2.24) is 10.9 Å². The molecule has 0 bridgehead atoms. The number of para-hydroxylation sites is 1. The number of carbonyl (C=O) groups excluding carboxylic acids is 2. The maximum Gasteiger partial charge on any atom is 0.276 e. The fourth-order valence-corrected chi connectivity index (χ4v) is 2.46. The molecule has 0 aromatic heterocycles. The summed E-state index contributed by atoms with van der Waals surface area (Å²) >= 11 is 0. The molecule has 0 aliphatic carbocycles. The van der Waals surface area contributed by atoms with Crippen LogP contribution in [0.15, 0.2) is 42.5 Å². The van der Waals surface area contributed by atoms with Crippen molar-refractivity contribution in [2.24, 2.45) is 0 Å². The van der Waals surface area contributed by atoms with E-state index in [1.54, 1.807) is 24.3 Å². The molecule has 2 N–H and O–H groups in total. The summed E-state index contributed by atoms with van der Waals surface area (Å²) < 4.78 is 16.2. The standard InChI is InChI=1S/C21H26N2O5/c1-4-26-12-13-27-18-10-8-17(9-11-18)21(25)23-22-19(24)14-28-20-15(2)6-5-7-16(20)3/h5-11H,4,12-14H2,1-3H3,(H,22,24)(H,23,25). The van der Waals surface area contributed by atoms with E-state index in [2.05, 4.69) is 10.9 Å². The highest BCUT2D eigenvalue weighted by Crippen LogP contribution is 2.21. The Balaban J connectivity index is 1.76. The number of hydrazine groups is 1. The Kier molecular flexibility index (Phi) is 8.30. The second-order valence-electron chi connectivity index (χ2n) is 6.08. The number of ether oxygens (including phenoxy) is 3. The SMILES string of the molecule is CCOCCOc1ccc(C(=O)NNC(=O)COc2c(C)cccc2C)cc1.